The molecule has 0 bridgehead atoms. The summed E-state index contributed by atoms with van der Waals surface area (Å²) in [6, 6.07) is 3.07. The Morgan fingerprint density at radius 3 is 2.65 bits per heavy atom. The fraction of sp³-hybridized carbons (Fsp3) is 0.562. The van der Waals surface area contributed by atoms with E-state index in [0.29, 0.717) is 18.8 Å². The first-order valence-electron chi connectivity index (χ1n) is 7.24. The van der Waals surface area contributed by atoms with Gasteiger partial charge in [0, 0.05) is 11.5 Å². The highest BCUT2D eigenvalue weighted by molar-refractivity contribution is 5.39. The minimum Gasteiger partial charge on any atom is -0.491 e. The van der Waals surface area contributed by atoms with Gasteiger partial charge in [-0.1, -0.05) is 19.4 Å². The number of halogens is 2. The van der Waals surface area contributed by atoms with E-state index in [2.05, 4.69) is 6.92 Å². The molecule has 111 valence electrons. The van der Waals surface area contributed by atoms with Crippen molar-refractivity contribution in [1.82, 2.24) is 0 Å². The number of hydrogen-bond donors (Lipinski definition) is 0. The second kappa shape index (κ2) is 7.02. The molecule has 2 rings (SSSR count). The molecule has 1 aromatic rings. The zero-order valence-corrected chi connectivity index (χ0v) is 12.0. The van der Waals surface area contributed by atoms with Crippen LogP contribution >= 0.6 is 0 Å². The summed E-state index contributed by atoms with van der Waals surface area (Å²) in [6.07, 6.45) is 3.98. The minimum atomic E-state index is -0.910. The molecule has 1 atom stereocenters. The fourth-order valence-electron chi connectivity index (χ4n) is 2.54. The van der Waals surface area contributed by atoms with E-state index in [9.17, 15) is 8.78 Å². The smallest absolute Gasteiger partial charge is 0.200 e. The van der Waals surface area contributed by atoms with Crippen molar-refractivity contribution in [3.8, 4) is 5.75 Å². The first kappa shape index (κ1) is 15.2. The first-order chi connectivity index (χ1) is 9.67. The summed E-state index contributed by atoms with van der Waals surface area (Å²) in [5.74, 6) is -0.942. The van der Waals surface area contributed by atoms with Gasteiger partial charge in [0.25, 0.3) is 0 Å². The quantitative estimate of drug-likeness (QED) is 0.803. The fourth-order valence-corrected chi connectivity index (χ4v) is 2.54. The second-order valence-electron chi connectivity index (χ2n) is 5.04. The average Bonchev–Trinajstić information content (AvgIpc) is 2.46. The summed E-state index contributed by atoms with van der Waals surface area (Å²) >= 11 is 0. The van der Waals surface area contributed by atoms with Crippen LogP contribution in [0.3, 0.4) is 0 Å². The van der Waals surface area contributed by atoms with Gasteiger partial charge in [0.05, 0.1) is 19.3 Å². The molecule has 0 saturated carbocycles. The molecule has 1 radical (unpaired) electrons. The van der Waals surface area contributed by atoms with Crippen molar-refractivity contribution in [1.29, 1.82) is 0 Å². The lowest BCUT2D eigenvalue weighted by Gasteiger charge is -2.29. The molecule has 1 heterocycles. The number of rotatable bonds is 5. The highest BCUT2D eigenvalue weighted by Crippen LogP contribution is 2.33. The third-order valence-corrected chi connectivity index (χ3v) is 3.60. The Bertz CT molecular complexity index is 440. The van der Waals surface area contributed by atoms with E-state index in [4.69, 9.17) is 9.47 Å². The third-order valence-electron chi connectivity index (χ3n) is 3.60. The highest BCUT2D eigenvalue weighted by Gasteiger charge is 2.27. The topological polar surface area (TPSA) is 18.5 Å². The molecule has 1 aliphatic heterocycles. The van der Waals surface area contributed by atoms with Gasteiger partial charge in [-0.25, -0.2) is 4.39 Å². The molecule has 0 N–H and O–H groups in total. The van der Waals surface area contributed by atoms with Crippen molar-refractivity contribution >= 4 is 0 Å². The van der Waals surface area contributed by atoms with Crippen molar-refractivity contribution < 1.29 is 18.3 Å². The van der Waals surface area contributed by atoms with Gasteiger partial charge in [-0.2, -0.15) is 4.39 Å². The van der Waals surface area contributed by atoms with Gasteiger partial charge in [-0.05, 0) is 32.3 Å². The molecule has 20 heavy (non-hydrogen) atoms. The normalized spacial score (nSPS) is 20.1. The second-order valence-corrected chi connectivity index (χ2v) is 5.04. The van der Waals surface area contributed by atoms with E-state index in [-0.39, 0.29) is 11.9 Å². The largest absolute Gasteiger partial charge is 0.491 e. The molecule has 0 aliphatic carbocycles. The highest BCUT2D eigenvalue weighted by atomic mass is 19.2. The summed E-state index contributed by atoms with van der Waals surface area (Å²) < 4.78 is 38.7. The lowest BCUT2D eigenvalue weighted by molar-refractivity contribution is 0.0251. The molecule has 1 aromatic carbocycles. The van der Waals surface area contributed by atoms with Crippen molar-refractivity contribution in [2.45, 2.75) is 45.6 Å². The van der Waals surface area contributed by atoms with Crippen LogP contribution in [-0.2, 0) is 4.74 Å². The molecule has 1 saturated heterocycles. The van der Waals surface area contributed by atoms with Crippen molar-refractivity contribution in [2.24, 2.45) is 0 Å². The maximum Gasteiger partial charge on any atom is 0.200 e. The standard InChI is InChI=1S/C16H21F2O2/c1-3-5-12-7-6-11(10-20-12)13-8-9-14(19-4-2)16(18)15(13)17/h8-9,12H,3-7,10H2,1-2H3. The summed E-state index contributed by atoms with van der Waals surface area (Å²) in [4.78, 5) is 0. The van der Waals surface area contributed by atoms with Crippen LogP contribution in [0.15, 0.2) is 12.1 Å². The van der Waals surface area contributed by atoms with E-state index in [0.717, 1.165) is 31.6 Å². The predicted octanol–water partition coefficient (Wildman–Crippen LogP) is 4.27. The lowest BCUT2D eigenvalue weighted by atomic mass is 9.90. The van der Waals surface area contributed by atoms with Crippen LogP contribution in [0, 0.1) is 17.6 Å². The van der Waals surface area contributed by atoms with Crippen LogP contribution in [0.2, 0.25) is 0 Å². The van der Waals surface area contributed by atoms with Gasteiger partial charge in [0.15, 0.2) is 11.6 Å². The Morgan fingerprint density at radius 1 is 1.25 bits per heavy atom. The van der Waals surface area contributed by atoms with Crippen molar-refractivity contribution in [2.75, 3.05) is 13.2 Å². The van der Waals surface area contributed by atoms with E-state index in [1.807, 2.05) is 0 Å². The third kappa shape index (κ3) is 3.29. The van der Waals surface area contributed by atoms with Crippen molar-refractivity contribution in [3.05, 3.63) is 35.2 Å². The molecule has 1 unspecified atom stereocenters. The summed E-state index contributed by atoms with van der Waals surface area (Å²) in [7, 11) is 0. The van der Waals surface area contributed by atoms with E-state index in [1.54, 1.807) is 13.0 Å². The van der Waals surface area contributed by atoms with Gasteiger partial charge < -0.3 is 9.47 Å². The zero-order valence-electron chi connectivity index (χ0n) is 12.0. The Hall–Kier alpha value is -1.16. The molecular formula is C16H21F2O2. The molecule has 1 fully saturated rings. The van der Waals surface area contributed by atoms with Gasteiger partial charge in [-0.15, -0.1) is 0 Å². The molecular weight excluding hydrogens is 262 g/mol. The van der Waals surface area contributed by atoms with E-state index in [1.165, 1.54) is 6.07 Å². The van der Waals surface area contributed by atoms with Crippen LogP contribution < -0.4 is 4.74 Å². The predicted molar refractivity (Wildman–Crippen MR) is 73.8 cm³/mol. The van der Waals surface area contributed by atoms with Gasteiger partial charge in [0.1, 0.15) is 0 Å². The SMILES string of the molecule is CCCC1CC[C](c2ccc(OCC)c(F)c2F)CO1. The Morgan fingerprint density at radius 2 is 2.05 bits per heavy atom. The Kier molecular flexibility index (Phi) is 5.35. The monoisotopic (exact) mass is 283 g/mol. The van der Waals surface area contributed by atoms with Crippen LogP contribution in [0.1, 0.15) is 45.1 Å². The minimum absolute atomic E-state index is 0.0325. The molecule has 4 heteroatoms. The van der Waals surface area contributed by atoms with Crippen LogP contribution in [0.25, 0.3) is 0 Å². The average molecular weight is 283 g/mol. The molecule has 1 aliphatic rings. The van der Waals surface area contributed by atoms with Gasteiger partial charge >= 0.3 is 0 Å². The van der Waals surface area contributed by atoms with E-state index < -0.39 is 11.6 Å². The Labute approximate surface area is 119 Å². The zero-order chi connectivity index (χ0) is 14.5. The number of hydrogen-bond acceptors (Lipinski definition) is 2. The van der Waals surface area contributed by atoms with Gasteiger partial charge in [0.2, 0.25) is 5.82 Å². The molecule has 0 aromatic heterocycles. The molecule has 0 amide bonds. The van der Waals surface area contributed by atoms with Crippen LogP contribution in [0.5, 0.6) is 5.75 Å². The maximum absolute atomic E-state index is 14.1. The number of ether oxygens (including phenoxy) is 2. The summed E-state index contributed by atoms with van der Waals surface area (Å²) in [5.41, 5.74) is 0.320. The van der Waals surface area contributed by atoms with Crippen molar-refractivity contribution in [3.63, 3.8) is 0 Å². The number of benzene rings is 1. The lowest BCUT2D eigenvalue weighted by Crippen LogP contribution is -2.25. The molecule has 0 spiro atoms. The first-order valence-corrected chi connectivity index (χ1v) is 7.24. The molecule has 2 nitrogen and oxygen atoms in total. The maximum atomic E-state index is 14.1. The van der Waals surface area contributed by atoms with Crippen LogP contribution in [0.4, 0.5) is 8.78 Å². The summed E-state index contributed by atoms with van der Waals surface area (Å²) in [6.45, 7) is 4.55. The van der Waals surface area contributed by atoms with E-state index >= 15 is 0 Å². The Balaban J connectivity index is 2.08. The van der Waals surface area contributed by atoms with Gasteiger partial charge in [-0.3, -0.25) is 0 Å². The summed E-state index contributed by atoms with van der Waals surface area (Å²) in [5, 5.41) is 0. The van der Waals surface area contributed by atoms with Crippen LogP contribution in [-0.4, -0.2) is 19.3 Å².